The number of nitrogens with zero attached hydrogens (tertiary/aromatic N) is 3. The molecule has 1 heterocycles. The van der Waals surface area contributed by atoms with Crippen molar-refractivity contribution in [3.8, 4) is 0 Å². The van der Waals surface area contributed by atoms with E-state index in [0.29, 0.717) is 5.56 Å². The van der Waals surface area contributed by atoms with Crippen LogP contribution in [-0.4, -0.2) is 27.5 Å². The van der Waals surface area contributed by atoms with Crippen molar-refractivity contribution in [2.24, 2.45) is 10.9 Å². The molecular weight excluding hydrogens is 368 g/mol. The van der Waals surface area contributed by atoms with Gasteiger partial charge in [0.05, 0.1) is 0 Å². The Bertz CT molecular complexity index is 617. The van der Waals surface area contributed by atoms with Gasteiger partial charge < -0.3 is 10.9 Å². The SMILES string of the molecule is CSc1nnc(Sc2ccc(/C(N)=N/O)cc2Br)s1. The summed E-state index contributed by atoms with van der Waals surface area (Å²) in [6, 6.07) is 5.48. The number of benzene rings is 1. The molecule has 0 aliphatic rings. The first-order valence-corrected chi connectivity index (χ1v) is 8.62. The van der Waals surface area contributed by atoms with E-state index in [4.69, 9.17) is 10.9 Å². The lowest BCUT2D eigenvalue weighted by atomic mass is 10.2. The third kappa shape index (κ3) is 3.62. The van der Waals surface area contributed by atoms with Crippen molar-refractivity contribution in [3.05, 3.63) is 28.2 Å². The normalized spacial score (nSPS) is 11.8. The van der Waals surface area contributed by atoms with E-state index in [9.17, 15) is 0 Å². The number of rotatable bonds is 4. The number of hydrogen-bond donors (Lipinski definition) is 2. The van der Waals surface area contributed by atoms with Crippen LogP contribution in [0.25, 0.3) is 0 Å². The van der Waals surface area contributed by atoms with Gasteiger partial charge in [-0.2, -0.15) is 0 Å². The van der Waals surface area contributed by atoms with Crippen LogP contribution in [0.1, 0.15) is 5.56 Å². The fourth-order valence-electron chi connectivity index (χ4n) is 1.22. The van der Waals surface area contributed by atoms with Crippen LogP contribution >= 0.6 is 50.8 Å². The first-order valence-electron chi connectivity index (χ1n) is 4.97. The highest BCUT2D eigenvalue weighted by atomic mass is 79.9. The van der Waals surface area contributed by atoms with Gasteiger partial charge in [0.2, 0.25) is 0 Å². The average Bonchev–Trinajstić information content (AvgIpc) is 2.88. The molecule has 0 atom stereocenters. The number of nitrogens with two attached hydrogens (primary N) is 1. The highest BCUT2D eigenvalue weighted by Gasteiger charge is 2.09. The van der Waals surface area contributed by atoms with Gasteiger partial charge in [0, 0.05) is 14.9 Å². The van der Waals surface area contributed by atoms with Crippen molar-refractivity contribution in [2.75, 3.05) is 6.26 Å². The lowest BCUT2D eigenvalue weighted by Gasteiger charge is -2.04. The van der Waals surface area contributed by atoms with Gasteiger partial charge in [0.1, 0.15) is 0 Å². The molecule has 9 heteroatoms. The molecule has 2 aromatic rings. The minimum Gasteiger partial charge on any atom is -0.409 e. The predicted octanol–water partition coefficient (Wildman–Crippen LogP) is 3.27. The molecule has 0 aliphatic carbocycles. The molecule has 2 rings (SSSR count). The Hall–Kier alpha value is -0.770. The highest BCUT2D eigenvalue weighted by molar-refractivity contribution is 9.10. The van der Waals surface area contributed by atoms with Crippen LogP contribution in [0, 0.1) is 0 Å². The van der Waals surface area contributed by atoms with E-state index in [1.807, 2.05) is 12.3 Å². The summed E-state index contributed by atoms with van der Waals surface area (Å²) in [5.74, 6) is 0.0813. The van der Waals surface area contributed by atoms with Gasteiger partial charge in [-0.3, -0.25) is 0 Å². The van der Waals surface area contributed by atoms with Gasteiger partial charge in [-0.15, -0.1) is 10.2 Å². The Balaban J connectivity index is 2.21. The van der Waals surface area contributed by atoms with Gasteiger partial charge >= 0.3 is 0 Å². The van der Waals surface area contributed by atoms with E-state index in [0.717, 1.165) is 18.0 Å². The van der Waals surface area contributed by atoms with E-state index in [1.54, 1.807) is 35.2 Å². The predicted molar refractivity (Wildman–Crippen MR) is 82.5 cm³/mol. The molecule has 5 nitrogen and oxygen atoms in total. The first kappa shape index (κ1) is 14.6. The van der Waals surface area contributed by atoms with Crippen LogP contribution in [0.3, 0.4) is 0 Å². The molecule has 0 saturated heterocycles. The van der Waals surface area contributed by atoms with E-state index < -0.39 is 0 Å². The number of thioether (sulfide) groups is 1. The summed E-state index contributed by atoms with van der Waals surface area (Å²) in [4.78, 5) is 0.998. The smallest absolute Gasteiger partial charge is 0.179 e. The first-order chi connectivity index (χ1) is 9.13. The maximum Gasteiger partial charge on any atom is 0.179 e. The molecule has 3 N–H and O–H groups in total. The summed E-state index contributed by atoms with van der Waals surface area (Å²) in [5, 5.41) is 19.7. The summed E-state index contributed by atoms with van der Waals surface area (Å²) in [6.07, 6.45) is 1.97. The van der Waals surface area contributed by atoms with E-state index in [-0.39, 0.29) is 5.84 Å². The second kappa shape index (κ2) is 6.60. The number of aromatic nitrogens is 2. The average molecular weight is 377 g/mol. The molecule has 0 saturated carbocycles. The molecular formula is C10H9BrN4OS3. The maximum atomic E-state index is 8.64. The Morgan fingerprint density at radius 2 is 2.16 bits per heavy atom. The molecule has 0 bridgehead atoms. The Kier molecular flexibility index (Phi) is 5.08. The zero-order valence-corrected chi connectivity index (χ0v) is 13.7. The van der Waals surface area contributed by atoms with E-state index in [2.05, 4.69) is 31.3 Å². The largest absolute Gasteiger partial charge is 0.409 e. The number of oxime groups is 1. The van der Waals surface area contributed by atoms with Crippen molar-refractivity contribution in [1.82, 2.24) is 10.2 Å². The zero-order valence-electron chi connectivity index (χ0n) is 9.70. The summed E-state index contributed by atoms with van der Waals surface area (Å²) in [7, 11) is 0. The second-order valence-electron chi connectivity index (χ2n) is 3.27. The van der Waals surface area contributed by atoms with E-state index in [1.165, 1.54) is 11.8 Å². The molecule has 1 aromatic carbocycles. The topological polar surface area (TPSA) is 84.4 Å². The second-order valence-corrected chi connectivity index (χ2v) is 7.44. The van der Waals surface area contributed by atoms with Crippen molar-refractivity contribution in [1.29, 1.82) is 0 Å². The molecule has 0 aliphatic heterocycles. The van der Waals surface area contributed by atoms with Gasteiger partial charge in [0.15, 0.2) is 14.5 Å². The monoisotopic (exact) mass is 376 g/mol. The molecule has 0 spiro atoms. The Morgan fingerprint density at radius 3 is 2.74 bits per heavy atom. The van der Waals surface area contributed by atoms with E-state index >= 15 is 0 Å². The molecule has 1 aromatic heterocycles. The van der Waals surface area contributed by atoms with Crippen LogP contribution in [-0.2, 0) is 0 Å². The standard InChI is InChI=1S/C10H9BrN4OS3/c1-17-9-13-14-10(19-9)18-7-3-2-5(4-6(7)11)8(12)15-16/h2-4,16H,1H3,(H2,12,15). The van der Waals surface area contributed by atoms with Crippen LogP contribution in [0.2, 0.25) is 0 Å². The fourth-order valence-corrected chi connectivity index (χ4v) is 4.24. The number of hydrogen-bond acceptors (Lipinski definition) is 7. The van der Waals surface area contributed by atoms with Gasteiger partial charge in [-0.1, -0.05) is 40.0 Å². The zero-order chi connectivity index (χ0) is 13.8. The quantitative estimate of drug-likeness (QED) is 0.280. The van der Waals surface area contributed by atoms with Crippen LogP contribution in [0.5, 0.6) is 0 Å². The summed E-state index contributed by atoms with van der Waals surface area (Å²) in [6.45, 7) is 0. The lowest BCUT2D eigenvalue weighted by molar-refractivity contribution is 0.318. The third-order valence-corrected chi connectivity index (χ3v) is 6.04. The third-order valence-electron chi connectivity index (χ3n) is 2.10. The summed E-state index contributed by atoms with van der Waals surface area (Å²) >= 11 is 8.10. The molecule has 0 unspecified atom stereocenters. The fraction of sp³-hybridized carbons (Fsp3) is 0.100. The molecule has 19 heavy (non-hydrogen) atoms. The van der Waals surface area contributed by atoms with Crippen molar-refractivity contribution in [2.45, 2.75) is 13.6 Å². The van der Waals surface area contributed by atoms with Gasteiger partial charge in [0.25, 0.3) is 0 Å². The Labute approximate surface area is 130 Å². The van der Waals surface area contributed by atoms with Gasteiger partial charge in [-0.05, 0) is 40.4 Å². The molecule has 100 valence electrons. The van der Waals surface area contributed by atoms with Crippen LogP contribution in [0.4, 0.5) is 0 Å². The summed E-state index contributed by atoms with van der Waals surface area (Å²) < 4.78 is 2.68. The van der Waals surface area contributed by atoms with Gasteiger partial charge in [-0.25, -0.2) is 0 Å². The molecule has 0 amide bonds. The van der Waals surface area contributed by atoms with Crippen LogP contribution < -0.4 is 5.73 Å². The van der Waals surface area contributed by atoms with Crippen molar-refractivity contribution < 1.29 is 5.21 Å². The van der Waals surface area contributed by atoms with Crippen molar-refractivity contribution >= 4 is 56.6 Å². The van der Waals surface area contributed by atoms with Crippen LogP contribution in [0.15, 0.2) is 41.4 Å². The lowest BCUT2D eigenvalue weighted by Crippen LogP contribution is -2.12. The minimum atomic E-state index is 0.0813. The molecule has 0 fully saturated rings. The number of amidine groups is 1. The summed E-state index contributed by atoms with van der Waals surface area (Å²) in [5.41, 5.74) is 6.19. The maximum absolute atomic E-state index is 8.64. The minimum absolute atomic E-state index is 0.0813. The number of halogens is 1. The van der Waals surface area contributed by atoms with Crippen molar-refractivity contribution in [3.63, 3.8) is 0 Å². The highest BCUT2D eigenvalue weighted by Crippen LogP contribution is 2.36. The molecule has 0 radical (unpaired) electrons. The Morgan fingerprint density at radius 1 is 1.42 bits per heavy atom.